The number of hydrogen-bond donors (Lipinski definition) is 3. The van der Waals surface area contributed by atoms with Crippen LogP contribution in [0.5, 0.6) is 0 Å². The molecule has 0 amide bonds. The molecule has 7 heteroatoms. The highest BCUT2D eigenvalue weighted by Crippen LogP contribution is 2.34. The van der Waals surface area contributed by atoms with E-state index in [2.05, 4.69) is 22.5 Å². The normalized spacial score (nSPS) is 25.4. The number of pyridine rings is 1. The fourth-order valence-electron chi connectivity index (χ4n) is 2.72. The van der Waals surface area contributed by atoms with Crippen LogP contribution in [0.1, 0.15) is 32.6 Å². The van der Waals surface area contributed by atoms with Crippen LogP contribution in [0.15, 0.2) is 12.1 Å². The highest BCUT2D eigenvalue weighted by molar-refractivity contribution is 5.55. The minimum absolute atomic E-state index is 0.00101. The van der Waals surface area contributed by atoms with E-state index in [0.29, 0.717) is 17.6 Å². The van der Waals surface area contributed by atoms with E-state index in [0.717, 1.165) is 25.7 Å². The predicted octanol–water partition coefficient (Wildman–Crippen LogP) is 2.38. The van der Waals surface area contributed by atoms with Gasteiger partial charge < -0.3 is 15.7 Å². The van der Waals surface area contributed by atoms with Crippen molar-refractivity contribution in [1.82, 2.24) is 4.98 Å². The molecule has 116 valence electrons. The van der Waals surface area contributed by atoms with Gasteiger partial charge in [0.25, 0.3) is 5.69 Å². The van der Waals surface area contributed by atoms with Gasteiger partial charge in [-0.3, -0.25) is 10.1 Å². The second kappa shape index (κ2) is 6.26. The lowest BCUT2D eigenvalue weighted by molar-refractivity contribution is -0.384. The lowest BCUT2D eigenvalue weighted by Crippen LogP contribution is -2.45. The van der Waals surface area contributed by atoms with Gasteiger partial charge in [-0.2, -0.15) is 0 Å². The van der Waals surface area contributed by atoms with Crippen molar-refractivity contribution in [2.24, 2.45) is 5.92 Å². The van der Waals surface area contributed by atoms with E-state index in [1.165, 1.54) is 12.1 Å². The number of nitrogens with zero attached hydrogens (tertiary/aromatic N) is 2. The quantitative estimate of drug-likeness (QED) is 0.569. The van der Waals surface area contributed by atoms with E-state index in [4.69, 9.17) is 0 Å². The third-order valence-corrected chi connectivity index (χ3v) is 4.20. The Bertz CT molecular complexity index is 513. The van der Waals surface area contributed by atoms with Crippen molar-refractivity contribution in [2.45, 2.75) is 38.1 Å². The van der Waals surface area contributed by atoms with Crippen LogP contribution in [-0.2, 0) is 0 Å². The van der Waals surface area contributed by atoms with Gasteiger partial charge in [0.05, 0.1) is 29.2 Å². The van der Waals surface area contributed by atoms with Crippen molar-refractivity contribution in [3.05, 3.63) is 22.2 Å². The van der Waals surface area contributed by atoms with E-state index in [1.54, 1.807) is 7.05 Å². The summed E-state index contributed by atoms with van der Waals surface area (Å²) in [6.45, 7) is 2.20. The standard InChI is InChI=1S/C14H22N4O3/c1-10-3-5-14(9-19,6-4-10)17-13-8-11(18(20)21)7-12(15-2)16-13/h7-8,10,19H,3-6,9H2,1-2H3,(H2,15,16,17). The fourth-order valence-corrected chi connectivity index (χ4v) is 2.72. The van der Waals surface area contributed by atoms with Crippen molar-refractivity contribution in [3.8, 4) is 0 Å². The topological polar surface area (TPSA) is 100 Å². The average Bonchev–Trinajstić information content (AvgIpc) is 2.49. The first-order valence-electron chi connectivity index (χ1n) is 7.21. The second-order valence-corrected chi connectivity index (χ2v) is 5.85. The number of anilines is 2. The van der Waals surface area contributed by atoms with Gasteiger partial charge in [0.2, 0.25) is 0 Å². The molecule has 1 saturated carbocycles. The number of nitro groups is 1. The SMILES string of the molecule is CNc1cc([N+](=O)[O-])cc(NC2(CO)CCC(C)CC2)n1. The maximum Gasteiger partial charge on any atom is 0.276 e. The molecule has 0 aliphatic heterocycles. The van der Waals surface area contributed by atoms with Crippen LogP contribution in [0.25, 0.3) is 0 Å². The molecule has 3 N–H and O–H groups in total. The highest BCUT2D eigenvalue weighted by atomic mass is 16.6. The summed E-state index contributed by atoms with van der Waals surface area (Å²) in [4.78, 5) is 14.8. The third kappa shape index (κ3) is 3.60. The van der Waals surface area contributed by atoms with Gasteiger partial charge in [-0.15, -0.1) is 0 Å². The van der Waals surface area contributed by atoms with Gasteiger partial charge in [0.15, 0.2) is 0 Å². The molecule has 2 rings (SSSR count). The molecule has 1 aromatic rings. The zero-order valence-electron chi connectivity index (χ0n) is 12.4. The summed E-state index contributed by atoms with van der Waals surface area (Å²) in [5, 5.41) is 26.8. The van der Waals surface area contributed by atoms with Gasteiger partial charge in [0.1, 0.15) is 11.6 Å². The van der Waals surface area contributed by atoms with E-state index in [1.807, 2.05) is 0 Å². The van der Waals surface area contributed by atoms with E-state index in [9.17, 15) is 15.2 Å². The summed E-state index contributed by atoms with van der Waals surface area (Å²) < 4.78 is 0. The number of rotatable bonds is 5. The number of hydrogen-bond acceptors (Lipinski definition) is 6. The van der Waals surface area contributed by atoms with Gasteiger partial charge in [-0.1, -0.05) is 6.92 Å². The average molecular weight is 294 g/mol. The van der Waals surface area contributed by atoms with Crippen molar-refractivity contribution in [1.29, 1.82) is 0 Å². The molecule has 1 fully saturated rings. The zero-order valence-corrected chi connectivity index (χ0v) is 12.4. The Morgan fingerprint density at radius 3 is 2.57 bits per heavy atom. The van der Waals surface area contributed by atoms with Gasteiger partial charge in [-0.25, -0.2) is 4.98 Å². The Hall–Kier alpha value is -1.89. The first kappa shape index (κ1) is 15.5. The number of aromatic nitrogens is 1. The Kier molecular flexibility index (Phi) is 4.62. The summed E-state index contributed by atoms with van der Waals surface area (Å²) in [6, 6.07) is 2.80. The summed E-state index contributed by atoms with van der Waals surface area (Å²) in [6.07, 6.45) is 3.73. The Labute approximate surface area is 123 Å². The molecule has 0 saturated heterocycles. The van der Waals surface area contributed by atoms with Gasteiger partial charge >= 0.3 is 0 Å². The molecule has 0 aromatic carbocycles. The molecular weight excluding hydrogens is 272 g/mol. The minimum Gasteiger partial charge on any atom is -0.394 e. The zero-order chi connectivity index (χ0) is 15.5. The maximum absolute atomic E-state index is 11.0. The molecule has 1 aliphatic rings. The number of aliphatic hydroxyl groups is 1. The van der Waals surface area contributed by atoms with E-state index >= 15 is 0 Å². The van der Waals surface area contributed by atoms with Crippen LogP contribution in [0.4, 0.5) is 17.3 Å². The molecule has 0 unspecified atom stereocenters. The minimum atomic E-state index is -0.442. The smallest absolute Gasteiger partial charge is 0.276 e. The number of nitrogens with one attached hydrogen (secondary N) is 2. The summed E-state index contributed by atoms with van der Waals surface area (Å²) >= 11 is 0. The summed E-state index contributed by atoms with van der Waals surface area (Å²) in [7, 11) is 1.67. The largest absolute Gasteiger partial charge is 0.394 e. The van der Waals surface area contributed by atoms with Crippen molar-refractivity contribution >= 4 is 17.3 Å². The van der Waals surface area contributed by atoms with Crippen LogP contribution in [-0.4, -0.2) is 34.2 Å². The van der Waals surface area contributed by atoms with Crippen molar-refractivity contribution in [2.75, 3.05) is 24.3 Å². The number of aliphatic hydroxyl groups excluding tert-OH is 1. The Balaban J connectivity index is 2.24. The van der Waals surface area contributed by atoms with Crippen LogP contribution < -0.4 is 10.6 Å². The van der Waals surface area contributed by atoms with E-state index in [-0.39, 0.29) is 12.3 Å². The third-order valence-electron chi connectivity index (χ3n) is 4.20. The lowest BCUT2D eigenvalue weighted by atomic mass is 9.77. The Morgan fingerprint density at radius 1 is 1.43 bits per heavy atom. The highest BCUT2D eigenvalue weighted by Gasteiger charge is 2.34. The molecule has 1 aliphatic carbocycles. The molecule has 0 bridgehead atoms. The maximum atomic E-state index is 11.0. The lowest BCUT2D eigenvalue weighted by Gasteiger charge is -2.39. The van der Waals surface area contributed by atoms with Crippen molar-refractivity contribution < 1.29 is 10.0 Å². The predicted molar refractivity (Wildman–Crippen MR) is 81.5 cm³/mol. The fraction of sp³-hybridized carbons (Fsp3) is 0.643. The summed E-state index contributed by atoms with van der Waals surface area (Å²) in [5.74, 6) is 1.51. The van der Waals surface area contributed by atoms with Gasteiger partial charge in [-0.05, 0) is 31.6 Å². The molecule has 1 aromatic heterocycles. The Morgan fingerprint density at radius 2 is 2.05 bits per heavy atom. The van der Waals surface area contributed by atoms with Crippen LogP contribution in [0, 0.1) is 16.0 Å². The van der Waals surface area contributed by atoms with Crippen LogP contribution >= 0.6 is 0 Å². The second-order valence-electron chi connectivity index (χ2n) is 5.85. The van der Waals surface area contributed by atoms with Gasteiger partial charge in [0, 0.05) is 7.05 Å². The summed E-state index contributed by atoms with van der Waals surface area (Å²) in [5.41, 5.74) is -0.450. The molecule has 1 heterocycles. The monoisotopic (exact) mass is 294 g/mol. The molecular formula is C14H22N4O3. The molecule has 0 spiro atoms. The first-order valence-corrected chi connectivity index (χ1v) is 7.21. The molecule has 7 nitrogen and oxygen atoms in total. The molecule has 0 radical (unpaired) electrons. The van der Waals surface area contributed by atoms with Crippen LogP contribution in [0.2, 0.25) is 0 Å². The molecule has 21 heavy (non-hydrogen) atoms. The first-order chi connectivity index (χ1) is 9.98. The molecule has 0 atom stereocenters. The van der Waals surface area contributed by atoms with Crippen LogP contribution in [0.3, 0.4) is 0 Å². The van der Waals surface area contributed by atoms with Crippen molar-refractivity contribution in [3.63, 3.8) is 0 Å². The van der Waals surface area contributed by atoms with E-state index < -0.39 is 10.5 Å².